The van der Waals surface area contributed by atoms with E-state index in [0.717, 1.165) is 17.6 Å². The molecule has 0 radical (unpaired) electrons. The highest BCUT2D eigenvalue weighted by molar-refractivity contribution is 5.99. The average molecular weight is 249 g/mol. The second-order valence-electron chi connectivity index (χ2n) is 5.09. The third kappa shape index (κ3) is 2.33. The highest BCUT2D eigenvalue weighted by Crippen LogP contribution is 2.33. The SMILES string of the molecule is CCCCCc1cccc2nc3cccccc-3c12. The van der Waals surface area contributed by atoms with Crippen LogP contribution in [0.1, 0.15) is 31.7 Å². The largest absolute Gasteiger partial charge is 0.248 e. The van der Waals surface area contributed by atoms with Crippen LogP contribution in [-0.2, 0) is 6.42 Å². The van der Waals surface area contributed by atoms with Crippen molar-refractivity contribution in [2.75, 3.05) is 0 Å². The van der Waals surface area contributed by atoms with Gasteiger partial charge in [-0.05, 0) is 30.5 Å². The fraction of sp³-hybridized carbons (Fsp3) is 0.278. The summed E-state index contributed by atoms with van der Waals surface area (Å²) in [6, 6.07) is 17.0. The number of benzene rings is 1. The number of hydrogen-bond donors (Lipinski definition) is 0. The summed E-state index contributed by atoms with van der Waals surface area (Å²) in [4.78, 5) is 4.74. The first kappa shape index (κ1) is 12.2. The zero-order chi connectivity index (χ0) is 13.1. The molecule has 0 amide bonds. The molecule has 19 heavy (non-hydrogen) atoms. The van der Waals surface area contributed by atoms with E-state index in [1.54, 1.807) is 0 Å². The van der Waals surface area contributed by atoms with E-state index in [-0.39, 0.29) is 0 Å². The lowest BCUT2D eigenvalue weighted by molar-refractivity contribution is 0.720. The van der Waals surface area contributed by atoms with Crippen LogP contribution in [0.5, 0.6) is 0 Å². The van der Waals surface area contributed by atoms with Crippen LogP contribution in [0.4, 0.5) is 0 Å². The van der Waals surface area contributed by atoms with Crippen LogP contribution in [0, 0.1) is 0 Å². The van der Waals surface area contributed by atoms with Crippen molar-refractivity contribution in [1.29, 1.82) is 0 Å². The van der Waals surface area contributed by atoms with Gasteiger partial charge in [-0.1, -0.05) is 56.2 Å². The van der Waals surface area contributed by atoms with E-state index >= 15 is 0 Å². The van der Waals surface area contributed by atoms with Crippen LogP contribution in [0.3, 0.4) is 0 Å². The highest BCUT2D eigenvalue weighted by atomic mass is 14.7. The maximum Gasteiger partial charge on any atom is 0.0719 e. The van der Waals surface area contributed by atoms with E-state index < -0.39 is 0 Å². The Morgan fingerprint density at radius 3 is 2.68 bits per heavy atom. The molecule has 96 valence electrons. The Balaban J connectivity index is 2.12. The summed E-state index contributed by atoms with van der Waals surface area (Å²) in [5, 5.41) is 1.35. The summed E-state index contributed by atoms with van der Waals surface area (Å²) >= 11 is 0. The van der Waals surface area contributed by atoms with E-state index in [1.165, 1.54) is 35.8 Å². The minimum absolute atomic E-state index is 1.10. The minimum atomic E-state index is 1.10. The number of aromatic nitrogens is 1. The van der Waals surface area contributed by atoms with Gasteiger partial charge in [-0.15, -0.1) is 0 Å². The van der Waals surface area contributed by atoms with Gasteiger partial charge < -0.3 is 0 Å². The third-order valence-corrected chi connectivity index (χ3v) is 3.70. The lowest BCUT2D eigenvalue weighted by atomic mass is 10.00. The molecule has 0 atom stereocenters. The standard InChI is InChI=1S/C18H19N/c1-2-3-5-9-14-10-8-13-17-18(14)15-11-6-4-7-12-16(15)19-17/h4,6-8,10-13H,2-3,5,9H2,1H3. The molecule has 0 bridgehead atoms. The third-order valence-electron chi connectivity index (χ3n) is 3.70. The molecule has 1 aromatic rings. The molecule has 1 nitrogen and oxygen atoms in total. The fourth-order valence-corrected chi connectivity index (χ4v) is 2.74. The van der Waals surface area contributed by atoms with Gasteiger partial charge in [-0.25, -0.2) is 4.98 Å². The van der Waals surface area contributed by atoms with Gasteiger partial charge in [0.2, 0.25) is 0 Å². The summed E-state index contributed by atoms with van der Waals surface area (Å²) in [6.45, 7) is 2.25. The summed E-state index contributed by atoms with van der Waals surface area (Å²) in [6.07, 6.45) is 4.99. The smallest absolute Gasteiger partial charge is 0.0719 e. The lowest BCUT2D eigenvalue weighted by Crippen LogP contribution is -1.86. The molecular weight excluding hydrogens is 230 g/mol. The minimum Gasteiger partial charge on any atom is -0.248 e. The average Bonchev–Trinajstić information content (AvgIpc) is 2.63. The molecule has 0 unspecified atom stereocenters. The summed E-state index contributed by atoms with van der Waals surface area (Å²) in [5.74, 6) is 0. The predicted octanol–water partition coefficient (Wildman–Crippen LogP) is 5.07. The van der Waals surface area contributed by atoms with Crippen molar-refractivity contribution >= 4 is 10.9 Å². The maximum atomic E-state index is 4.74. The van der Waals surface area contributed by atoms with Crippen LogP contribution in [0.15, 0.2) is 48.5 Å². The Kier molecular flexibility index (Phi) is 3.45. The number of hydrogen-bond acceptors (Lipinski definition) is 1. The second-order valence-corrected chi connectivity index (χ2v) is 5.09. The first-order chi connectivity index (χ1) is 9.40. The molecular formula is C18H19N. The van der Waals surface area contributed by atoms with Gasteiger partial charge in [-0.3, -0.25) is 0 Å². The number of rotatable bonds is 4. The van der Waals surface area contributed by atoms with E-state index in [2.05, 4.69) is 55.5 Å². The summed E-state index contributed by atoms with van der Waals surface area (Å²) < 4.78 is 0. The van der Waals surface area contributed by atoms with Gasteiger partial charge in [0.25, 0.3) is 0 Å². The van der Waals surface area contributed by atoms with Crippen molar-refractivity contribution in [2.45, 2.75) is 32.6 Å². The van der Waals surface area contributed by atoms with Crippen molar-refractivity contribution in [3.8, 4) is 11.3 Å². The van der Waals surface area contributed by atoms with Gasteiger partial charge in [0, 0.05) is 10.9 Å². The van der Waals surface area contributed by atoms with E-state index in [0.29, 0.717) is 0 Å². The monoisotopic (exact) mass is 249 g/mol. The van der Waals surface area contributed by atoms with Crippen LogP contribution < -0.4 is 0 Å². The Bertz CT molecular complexity index is 657. The zero-order valence-corrected chi connectivity index (χ0v) is 11.4. The molecule has 1 heterocycles. The zero-order valence-electron chi connectivity index (χ0n) is 11.4. The number of aryl methyl sites for hydroxylation is 1. The van der Waals surface area contributed by atoms with Gasteiger partial charge in [-0.2, -0.15) is 0 Å². The maximum absolute atomic E-state index is 4.74. The number of fused-ring (bicyclic) bond motifs is 3. The van der Waals surface area contributed by atoms with Crippen LogP contribution in [-0.4, -0.2) is 4.98 Å². The van der Waals surface area contributed by atoms with Crippen LogP contribution >= 0.6 is 0 Å². The van der Waals surface area contributed by atoms with Gasteiger partial charge in [0.05, 0.1) is 11.2 Å². The quantitative estimate of drug-likeness (QED) is 0.588. The van der Waals surface area contributed by atoms with Crippen LogP contribution in [0.2, 0.25) is 0 Å². The molecule has 1 aromatic carbocycles. The van der Waals surface area contributed by atoms with Gasteiger partial charge >= 0.3 is 0 Å². The van der Waals surface area contributed by atoms with E-state index in [9.17, 15) is 0 Å². The first-order valence-electron chi connectivity index (χ1n) is 7.16. The number of nitrogens with zero attached hydrogens (tertiary/aromatic N) is 1. The molecule has 0 fully saturated rings. The van der Waals surface area contributed by atoms with Crippen molar-refractivity contribution in [3.05, 3.63) is 54.1 Å². The molecule has 2 aliphatic rings. The predicted molar refractivity (Wildman–Crippen MR) is 81.6 cm³/mol. The van der Waals surface area contributed by atoms with Crippen LogP contribution in [0.25, 0.3) is 22.2 Å². The summed E-state index contributed by atoms with van der Waals surface area (Å²) in [7, 11) is 0. The fourth-order valence-electron chi connectivity index (χ4n) is 2.74. The molecule has 0 N–H and O–H groups in total. The van der Waals surface area contributed by atoms with Crippen molar-refractivity contribution in [3.63, 3.8) is 0 Å². The molecule has 0 saturated carbocycles. The Morgan fingerprint density at radius 2 is 1.79 bits per heavy atom. The highest BCUT2D eigenvalue weighted by Gasteiger charge is 2.12. The lowest BCUT2D eigenvalue weighted by Gasteiger charge is -2.03. The van der Waals surface area contributed by atoms with Gasteiger partial charge in [0.15, 0.2) is 0 Å². The first-order valence-corrected chi connectivity index (χ1v) is 7.16. The summed E-state index contributed by atoms with van der Waals surface area (Å²) in [5.41, 5.74) is 4.96. The topological polar surface area (TPSA) is 12.9 Å². The molecule has 1 aliphatic carbocycles. The Labute approximate surface area is 114 Å². The van der Waals surface area contributed by atoms with E-state index in [1.807, 2.05) is 0 Å². The Hall–Kier alpha value is -1.89. The van der Waals surface area contributed by atoms with Crippen molar-refractivity contribution in [1.82, 2.24) is 4.98 Å². The van der Waals surface area contributed by atoms with Gasteiger partial charge in [0.1, 0.15) is 0 Å². The molecule has 0 spiro atoms. The molecule has 0 aromatic heterocycles. The molecule has 0 saturated heterocycles. The van der Waals surface area contributed by atoms with Crippen molar-refractivity contribution < 1.29 is 0 Å². The Morgan fingerprint density at radius 1 is 0.895 bits per heavy atom. The molecule has 1 aliphatic heterocycles. The van der Waals surface area contributed by atoms with E-state index in [4.69, 9.17) is 4.98 Å². The van der Waals surface area contributed by atoms with Crippen molar-refractivity contribution in [2.24, 2.45) is 0 Å². The number of unbranched alkanes of at least 4 members (excludes halogenated alkanes) is 2. The second kappa shape index (κ2) is 5.40. The molecule has 3 rings (SSSR count). The molecule has 1 heteroatoms. The normalized spacial score (nSPS) is 11.2.